The van der Waals surface area contributed by atoms with Crippen molar-refractivity contribution in [2.24, 2.45) is 0 Å². The Labute approximate surface area is 122 Å². The van der Waals surface area contributed by atoms with Gasteiger partial charge in [-0.1, -0.05) is 30.8 Å². The van der Waals surface area contributed by atoms with E-state index in [4.69, 9.17) is 5.11 Å². The fourth-order valence-corrected chi connectivity index (χ4v) is 2.87. The lowest BCUT2D eigenvalue weighted by Crippen LogP contribution is -2.02. The van der Waals surface area contributed by atoms with E-state index in [1.807, 2.05) is 12.1 Å². The molecule has 1 aromatic heterocycles. The minimum Gasteiger partial charge on any atom is -0.478 e. The monoisotopic (exact) mass is 291 g/mol. The van der Waals surface area contributed by atoms with E-state index >= 15 is 0 Å². The van der Waals surface area contributed by atoms with Gasteiger partial charge >= 0.3 is 5.97 Å². The molecule has 0 unspecified atom stereocenters. The van der Waals surface area contributed by atoms with Gasteiger partial charge in [0.15, 0.2) is 5.16 Å². The lowest BCUT2D eigenvalue weighted by molar-refractivity contribution is 0.0697. The van der Waals surface area contributed by atoms with Crippen LogP contribution in [0, 0.1) is 0 Å². The number of hydrogen-bond acceptors (Lipinski definition) is 4. The summed E-state index contributed by atoms with van der Waals surface area (Å²) in [5.41, 5.74) is 1.38. The average Bonchev–Trinajstić information content (AvgIpc) is 2.87. The number of carbonyl (C=O) groups is 1. The number of aromatic nitrogens is 3. The zero-order valence-corrected chi connectivity index (χ0v) is 12.4. The zero-order chi connectivity index (χ0) is 14.5. The quantitative estimate of drug-likeness (QED) is 0.829. The lowest BCUT2D eigenvalue weighted by atomic mass is 10.1. The van der Waals surface area contributed by atoms with Gasteiger partial charge in [-0.05, 0) is 24.6 Å². The summed E-state index contributed by atoms with van der Waals surface area (Å²) in [5.74, 6) is 0.848. The van der Waals surface area contributed by atoms with Gasteiger partial charge in [0.2, 0.25) is 0 Å². The molecule has 2 rings (SSSR count). The molecule has 0 fully saturated rings. The highest BCUT2D eigenvalue weighted by Crippen LogP contribution is 2.22. The summed E-state index contributed by atoms with van der Waals surface area (Å²) >= 11 is 1.62. The Balaban J connectivity index is 2.05. The van der Waals surface area contributed by atoms with Crippen molar-refractivity contribution >= 4 is 17.7 Å². The molecule has 5 nitrogen and oxygen atoms in total. The summed E-state index contributed by atoms with van der Waals surface area (Å²) in [6.45, 7) is 5.00. The number of benzene rings is 1. The highest BCUT2D eigenvalue weighted by molar-refractivity contribution is 7.98. The first kappa shape index (κ1) is 14.6. The van der Waals surface area contributed by atoms with Gasteiger partial charge in [-0.15, -0.1) is 10.2 Å². The van der Waals surface area contributed by atoms with Crippen LogP contribution >= 0.6 is 11.8 Å². The molecule has 0 bridgehead atoms. The summed E-state index contributed by atoms with van der Waals surface area (Å²) in [5, 5.41) is 18.1. The molecule has 0 saturated carbocycles. The van der Waals surface area contributed by atoms with Gasteiger partial charge in [0.25, 0.3) is 0 Å². The van der Waals surface area contributed by atoms with Crippen molar-refractivity contribution in [3.63, 3.8) is 0 Å². The van der Waals surface area contributed by atoms with Gasteiger partial charge in [-0.3, -0.25) is 0 Å². The molecule has 1 heterocycles. The van der Waals surface area contributed by atoms with Crippen LogP contribution in [0.25, 0.3) is 0 Å². The Morgan fingerprint density at radius 1 is 1.25 bits per heavy atom. The van der Waals surface area contributed by atoms with Crippen molar-refractivity contribution in [1.82, 2.24) is 14.8 Å². The first-order valence-corrected chi connectivity index (χ1v) is 7.51. The van der Waals surface area contributed by atoms with Crippen LogP contribution in [0.1, 0.15) is 35.6 Å². The molecular formula is C14H17N3O2S. The number of rotatable bonds is 6. The number of hydrogen-bond donors (Lipinski definition) is 1. The van der Waals surface area contributed by atoms with Gasteiger partial charge in [0.1, 0.15) is 5.82 Å². The Bertz CT molecular complexity index is 593. The number of aryl methyl sites for hydroxylation is 1. The van der Waals surface area contributed by atoms with E-state index in [0.717, 1.165) is 35.3 Å². The summed E-state index contributed by atoms with van der Waals surface area (Å²) in [7, 11) is 0. The van der Waals surface area contributed by atoms with Gasteiger partial charge in [-0.2, -0.15) is 0 Å². The maximum Gasteiger partial charge on any atom is 0.335 e. The van der Waals surface area contributed by atoms with E-state index in [1.54, 1.807) is 23.9 Å². The molecule has 1 N–H and O–H groups in total. The van der Waals surface area contributed by atoms with Crippen LogP contribution in [0.5, 0.6) is 0 Å². The summed E-state index contributed by atoms with van der Waals surface area (Å²) in [6, 6.07) is 6.92. The van der Waals surface area contributed by atoms with Crippen molar-refractivity contribution in [1.29, 1.82) is 0 Å². The smallest absolute Gasteiger partial charge is 0.335 e. The number of nitrogens with zero attached hydrogens (tertiary/aromatic N) is 3. The van der Waals surface area contributed by atoms with Gasteiger partial charge < -0.3 is 9.67 Å². The fraction of sp³-hybridized carbons (Fsp3) is 0.357. The van der Waals surface area contributed by atoms with Crippen LogP contribution in [0.3, 0.4) is 0 Å². The number of thioether (sulfide) groups is 1. The number of aromatic carboxylic acids is 1. The molecule has 0 saturated heterocycles. The second kappa shape index (κ2) is 6.56. The van der Waals surface area contributed by atoms with E-state index < -0.39 is 5.97 Å². The summed E-state index contributed by atoms with van der Waals surface area (Å²) in [6.07, 6.45) is 0.870. The predicted molar refractivity (Wildman–Crippen MR) is 78.0 cm³/mol. The third kappa shape index (κ3) is 3.19. The van der Waals surface area contributed by atoms with E-state index in [2.05, 4.69) is 28.6 Å². The molecule has 0 aliphatic carbocycles. The summed E-state index contributed by atoms with van der Waals surface area (Å²) in [4.78, 5) is 10.8. The van der Waals surface area contributed by atoms with Crippen LogP contribution in [0.4, 0.5) is 0 Å². The third-order valence-electron chi connectivity index (χ3n) is 2.99. The van der Waals surface area contributed by atoms with Crippen LogP contribution < -0.4 is 0 Å². The highest BCUT2D eigenvalue weighted by atomic mass is 32.2. The van der Waals surface area contributed by atoms with E-state index in [9.17, 15) is 4.79 Å². The molecule has 0 atom stereocenters. The van der Waals surface area contributed by atoms with Crippen LogP contribution in [-0.4, -0.2) is 25.8 Å². The molecule has 0 radical (unpaired) electrons. The highest BCUT2D eigenvalue weighted by Gasteiger charge is 2.10. The third-order valence-corrected chi connectivity index (χ3v) is 4.03. The van der Waals surface area contributed by atoms with E-state index in [-0.39, 0.29) is 0 Å². The number of carboxylic acids is 1. The Hall–Kier alpha value is -1.82. The molecular weight excluding hydrogens is 274 g/mol. The minimum atomic E-state index is -0.900. The number of carboxylic acid groups (broad SMARTS) is 1. The predicted octanol–water partition coefficient (Wildman–Crippen LogP) is 2.85. The molecule has 0 spiro atoms. The van der Waals surface area contributed by atoms with Crippen molar-refractivity contribution in [2.45, 2.75) is 37.7 Å². The Morgan fingerprint density at radius 2 is 1.95 bits per heavy atom. The second-order valence-electron chi connectivity index (χ2n) is 4.29. The second-order valence-corrected chi connectivity index (χ2v) is 5.23. The van der Waals surface area contributed by atoms with Gasteiger partial charge in [0, 0.05) is 18.7 Å². The van der Waals surface area contributed by atoms with Crippen LogP contribution in [-0.2, 0) is 18.7 Å². The van der Waals surface area contributed by atoms with Crippen molar-refractivity contribution in [3.8, 4) is 0 Å². The first-order valence-electron chi connectivity index (χ1n) is 6.52. The Kier molecular flexibility index (Phi) is 4.79. The fourth-order valence-electron chi connectivity index (χ4n) is 1.90. The Morgan fingerprint density at radius 3 is 2.50 bits per heavy atom. The van der Waals surface area contributed by atoms with Gasteiger partial charge in [0.05, 0.1) is 5.56 Å². The van der Waals surface area contributed by atoms with Crippen molar-refractivity contribution in [2.75, 3.05) is 0 Å². The minimum absolute atomic E-state index is 0.309. The normalized spacial score (nSPS) is 10.7. The maximum atomic E-state index is 10.8. The SMILES string of the molecule is CCc1nnc(SCc2ccc(C(=O)O)cc2)n1CC. The molecule has 0 aliphatic heterocycles. The lowest BCUT2D eigenvalue weighted by Gasteiger charge is -2.06. The topological polar surface area (TPSA) is 68.0 Å². The largest absolute Gasteiger partial charge is 0.478 e. The first-order chi connectivity index (χ1) is 9.65. The molecule has 106 valence electrons. The summed E-state index contributed by atoms with van der Waals surface area (Å²) < 4.78 is 2.11. The molecule has 0 amide bonds. The van der Waals surface area contributed by atoms with Crippen LogP contribution in [0.15, 0.2) is 29.4 Å². The average molecular weight is 291 g/mol. The maximum absolute atomic E-state index is 10.8. The molecule has 0 aliphatic rings. The van der Waals surface area contributed by atoms with Crippen molar-refractivity contribution < 1.29 is 9.90 Å². The van der Waals surface area contributed by atoms with E-state index in [1.165, 1.54) is 0 Å². The van der Waals surface area contributed by atoms with Crippen molar-refractivity contribution in [3.05, 3.63) is 41.2 Å². The zero-order valence-electron chi connectivity index (χ0n) is 11.5. The molecule has 2 aromatic rings. The molecule has 1 aromatic carbocycles. The van der Waals surface area contributed by atoms with E-state index in [0.29, 0.717) is 5.56 Å². The van der Waals surface area contributed by atoms with Crippen LogP contribution in [0.2, 0.25) is 0 Å². The molecule has 6 heteroatoms. The molecule has 20 heavy (non-hydrogen) atoms. The van der Waals surface area contributed by atoms with Gasteiger partial charge in [-0.25, -0.2) is 4.79 Å². The standard InChI is InChI=1S/C14H17N3O2S/c1-3-12-15-16-14(17(12)4-2)20-9-10-5-7-11(8-6-10)13(18)19/h5-8H,3-4,9H2,1-2H3,(H,18,19).